The van der Waals surface area contributed by atoms with Gasteiger partial charge in [0.2, 0.25) is 5.91 Å². The second-order valence-corrected chi connectivity index (χ2v) is 4.21. The van der Waals surface area contributed by atoms with Crippen molar-refractivity contribution in [3.8, 4) is 0 Å². The van der Waals surface area contributed by atoms with Gasteiger partial charge in [-0.1, -0.05) is 17.7 Å². The second-order valence-electron chi connectivity index (χ2n) is 3.42. The fraction of sp³-hybridized carbons (Fsp3) is 0.273. The molecule has 0 saturated carbocycles. The number of halogens is 2. The Balaban J connectivity index is 2.59. The van der Waals surface area contributed by atoms with Crippen LogP contribution in [0, 0.1) is 6.92 Å². The highest BCUT2D eigenvalue weighted by Gasteiger charge is 2.08. The van der Waals surface area contributed by atoms with Crippen LogP contribution in [0.3, 0.4) is 0 Å². The highest BCUT2D eigenvalue weighted by atomic mass is 35.5. The Hall–Kier alpha value is -1.26. The van der Waals surface area contributed by atoms with Crippen LogP contribution in [0.1, 0.15) is 12.0 Å². The van der Waals surface area contributed by atoms with Gasteiger partial charge in [-0.05, 0) is 24.6 Å². The van der Waals surface area contributed by atoms with Gasteiger partial charge in [0.1, 0.15) is 0 Å². The molecule has 0 bridgehead atoms. The average molecular weight is 275 g/mol. The second kappa shape index (κ2) is 6.47. The summed E-state index contributed by atoms with van der Waals surface area (Å²) in [4.78, 5) is 22.5. The van der Waals surface area contributed by atoms with Crippen LogP contribution in [0.25, 0.3) is 0 Å². The van der Waals surface area contributed by atoms with Gasteiger partial charge in [-0.2, -0.15) is 0 Å². The number of nitrogens with one attached hydrogen (secondary N) is 2. The van der Waals surface area contributed by atoms with E-state index in [0.717, 1.165) is 5.56 Å². The Morgan fingerprint density at radius 1 is 1.35 bits per heavy atom. The van der Waals surface area contributed by atoms with Crippen LogP contribution >= 0.6 is 23.2 Å². The number of amides is 3. The molecule has 0 aliphatic rings. The summed E-state index contributed by atoms with van der Waals surface area (Å²) in [5.41, 5.74) is 1.44. The van der Waals surface area contributed by atoms with E-state index in [0.29, 0.717) is 10.7 Å². The van der Waals surface area contributed by atoms with E-state index in [9.17, 15) is 9.59 Å². The monoisotopic (exact) mass is 274 g/mol. The van der Waals surface area contributed by atoms with Gasteiger partial charge in [0.25, 0.3) is 0 Å². The number of aryl methyl sites for hydroxylation is 1. The SMILES string of the molecule is Cc1ccc(NC(=O)NC(=O)CCCl)c(Cl)c1. The lowest BCUT2D eigenvalue weighted by Gasteiger charge is -2.08. The fourth-order valence-corrected chi connectivity index (χ4v) is 1.60. The van der Waals surface area contributed by atoms with Gasteiger partial charge in [-0.3, -0.25) is 10.1 Å². The molecule has 0 radical (unpaired) electrons. The van der Waals surface area contributed by atoms with Gasteiger partial charge in [0.15, 0.2) is 0 Å². The Bertz CT molecular complexity index is 435. The molecule has 1 rings (SSSR count). The number of benzene rings is 1. The van der Waals surface area contributed by atoms with Crippen molar-refractivity contribution in [1.29, 1.82) is 0 Å². The molecule has 1 aromatic rings. The minimum Gasteiger partial charge on any atom is -0.306 e. The molecule has 0 saturated heterocycles. The van der Waals surface area contributed by atoms with Crippen molar-refractivity contribution >= 4 is 40.8 Å². The Morgan fingerprint density at radius 3 is 2.65 bits per heavy atom. The van der Waals surface area contributed by atoms with E-state index < -0.39 is 11.9 Å². The zero-order valence-corrected chi connectivity index (χ0v) is 10.7. The molecule has 0 aliphatic heterocycles. The first-order chi connectivity index (χ1) is 8.02. The van der Waals surface area contributed by atoms with Gasteiger partial charge in [0, 0.05) is 12.3 Å². The third-order valence-electron chi connectivity index (χ3n) is 1.95. The van der Waals surface area contributed by atoms with E-state index >= 15 is 0 Å². The van der Waals surface area contributed by atoms with E-state index in [1.54, 1.807) is 12.1 Å². The number of rotatable bonds is 3. The summed E-state index contributed by atoms with van der Waals surface area (Å²) in [6, 6.07) is 4.58. The Labute approximate surface area is 109 Å². The van der Waals surface area contributed by atoms with Crippen LogP contribution in [0.5, 0.6) is 0 Å². The number of carbonyl (C=O) groups excluding carboxylic acids is 2. The molecule has 0 aliphatic carbocycles. The number of hydrogen-bond acceptors (Lipinski definition) is 2. The summed E-state index contributed by atoms with van der Waals surface area (Å²) in [6.45, 7) is 1.89. The molecule has 0 aromatic heterocycles. The molecule has 4 nitrogen and oxygen atoms in total. The quantitative estimate of drug-likeness (QED) is 0.833. The van der Waals surface area contributed by atoms with E-state index in [2.05, 4.69) is 10.6 Å². The van der Waals surface area contributed by atoms with Crippen molar-refractivity contribution in [2.24, 2.45) is 0 Å². The van der Waals surface area contributed by atoms with Crippen molar-refractivity contribution in [2.75, 3.05) is 11.2 Å². The molecule has 0 unspecified atom stereocenters. The van der Waals surface area contributed by atoms with E-state index in [-0.39, 0.29) is 12.3 Å². The van der Waals surface area contributed by atoms with Gasteiger partial charge in [-0.15, -0.1) is 11.6 Å². The van der Waals surface area contributed by atoms with E-state index in [1.165, 1.54) is 0 Å². The predicted molar refractivity (Wildman–Crippen MR) is 68.7 cm³/mol. The lowest BCUT2D eigenvalue weighted by molar-refractivity contribution is -0.119. The number of hydrogen-bond donors (Lipinski definition) is 2. The van der Waals surface area contributed by atoms with E-state index in [1.807, 2.05) is 13.0 Å². The molecule has 17 heavy (non-hydrogen) atoms. The number of urea groups is 1. The van der Waals surface area contributed by atoms with Gasteiger partial charge < -0.3 is 5.32 Å². The smallest absolute Gasteiger partial charge is 0.306 e. The standard InChI is InChI=1S/C11H12Cl2N2O2/c1-7-2-3-9(8(13)6-7)14-11(17)15-10(16)4-5-12/h2-3,6H,4-5H2,1H3,(H2,14,15,16,17). The zero-order chi connectivity index (χ0) is 12.8. The topological polar surface area (TPSA) is 58.2 Å². The molecule has 3 amide bonds. The molecule has 0 spiro atoms. The fourth-order valence-electron chi connectivity index (χ4n) is 1.15. The van der Waals surface area contributed by atoms with Crippen LogP contribution < -0.4 is 10.6 Å². The summed E-state index contributed by atoms with van der Waals surface area (Å²) in [7, 11) is 0. The van der Waals surface area contributed by atoms with Gasteiger partial charge in [0.05, 0.1) is 10.7 Å². The molecule has 2 N–H and O–H groups in total. The van der Waals surface area contributed by atoms with Crippen LogP contribution in [0.4, 0.5) is 10.5 Å². The van der Waals surface area contributed by atoms with Crippen molar-refractivity contribution < 1.29 is 9.59 Å². The van der Waals surface area contributed by atoms with Crippen molar-refractivity contribution in [1.82, 2.24) is 5.32 Å². The summed E-state index contributed by atoms with van der Waals surface area (Å²) in [5.74, 6) is -0.259. The molecule has 1 aromatic carbocycles. The Kier molecular flexibility index (Phi) is 5.25. The number of anilines is 1. The largest absolute Gasteiger partial charge is 0.325 e. The molecular formula is C11H12Cl2N2O2. The van der Waals surface area contributed by atoms with Gasteiger partial charge >= 0.3 is 6.03 Å². The van der Waals surface area contributed by atoms with Crippen molar-refractivity contribution in [3.05, 3.63) is 28.8 Å². The third kappa shape index (κ3) is 4.63. The highest BCUT2D eigenvalue weighted by molar-refractivity contribution is 6.33. The lowest BCUT2D eigenvalue weighted by atomic mass is 10.2. The van der Waals surface area contributed by atoms with Crippen molar-refractivity contribution in [3.63, 3.8) is 0 Å². The maximum atomic E-state index is 11.4. The van der Waals surface area contributed by atoms with Crippen LogP contribution in [-0.4, -0.2) is 17.8 Å². The predicted octanol–water partition coefficient (Wildman–Crippen LogP) is 2.93. The molecule has 6 heteroatoms. The Morgan fingerprint density at radius 2 is 2.06 bits per heavy atom. The maximum absolute atomic E-state index is 11.4. The maximum Gasteiger partial charge on any atom is 0.325 e. The molecule has 0 atom stereocenters. The minimum atomic E-state index is -0.620. The zero-order valence-electron chi connectivity index (χ0n) is 9.22. The average Bonchev–Trinajstić information content (AvgIpc) is 2.22. The molecule has 0 fully saturated rings. The van der Waals surface area contributed by atoms with Crippen LogP contribution in [0.2, 0.25) is 5.02 Å². The first kappa shape index (κ1) is 13.8. The first-order valence-electron chi connectivity index (χ1n) is 4.96. The normalized spacial score (nSPS) is 9.82. The summed E-state index contributed by atoms with van der Waals surface area (Å²) in [6.07, 6.45) is 0.0939. The highest BCUT2D eigenvalue weighted by Crippen LogP contribution is 2.22. The number of imide groups is 1. The van der Waals surface area contributed by atoms with E-state index in [4.69, 9.17) is 23.2 Å². The lowest BCUT2D eigenvalue weighted by Crippen LogP contribution is -2.34. The van der Waals surface area contributed by atoms with Crippen LogP contribution in [0.15, 0.2) is 18.2 Å². The van der Waals surface area contributed by atoms with Crippen molar-refractivity contribution in [2.45, 2.75) is 13.3 Å². The third-order valence-corrected chi connectivity index (χ3v) is 2.45. The summed E-state index contributed by atoms with van der Waals surface area (Å²) < 4.78 is 0. The first-order valence-corrected chi connectivity index (χ1v) is 5.87. The molecule has 92 valence electrons. The molecule has 0 heterocycles. The minimum absolute atomic E-state index is 0.0939. The van der Waals surface area contributed by atoms with Gasteiger partial charge in [-0.25, -0.2) is 4.79 Å². The number of carbonyl (C=O) groups is 2. The summed E-state index contributed by atoms with van der Waals surface area (Å²) in [5, 5.41) is 5.04. The molecular weight excluding hydrogens is 263 g/mol. The number of alkyl halides is 1. The van der Waals surface area contributed by atoms with Crippen LogP contribution in [-0.2, 0) is 4.79 Å². The summed E-state index contributed by atoms with van der Waals surface area (Å²) >= 11 is 11.3.